The van der Waals surface area contributed by atoms with E-state index < -0.39 is 0 Å². The van der Waals surface area contributed by atoms with Crippen LogP contribution in [-0.2, 0) is 12.8 Å². The summed E-state index contributed by atoms with van der Waals surface area (Å²) in [7, 11) is 0. The molecule has 5 nitrogen and oxygen atoms in total. The molecule has 1 N–H and O–H groups in total. The van der Waals surface area contributed by atoms with Crippen molar-refractivity contribution in [1.29, 1.82) is 0 Å². The van der Waals surface area contributed by atoms with Gasteiger partial charge in [0.25, 0.3) is 0 Å². The van der Waals surface area contributed by atoms with Crippen molar-refractivity contribution in [2.75, 3.05) is 0 Å². The topological polar surface area (TPSA) is 63.6 Å². The van der Waals surface area contributed by atoms with Gasteiger partial charge in [0, 0.05) is 18.2 Å². The van der Waals surface area contributed by atoms with Gasteiger partial charge in [0.15, 0.2) is 5.65 Å². The van der Waals surface area contributed by atoms with E-state index in [1.807, 2.05) is 36.4 Å². The minimum atomic E-state index is -0.370. The second kappa shape index (κ2) is 7.48. The maximum absolute atomic E-state index is 14.5. The molecule has 148 valence electrons. The van der Waals surface area contributed by atoms with Gasteiger partial charge in [-0.25, -0.2) is 14.4 Å². The van der Waals surface area contributed by atoms with Crippen molar-refractivity contribution in [1.82, 2.24) is 14.4 Å². The van der Waals surface area contributed by atoms with Crippen molar-refractivity contribution in [2.24, 2.45) is 0 Å². The molecule has 0 spiro atoms. The summed E-state index contributed by atoms with van der Waals surface area (Å²) in [5.74, 6) is 0.321. The summed E-state index contributed by atoms with van der Waals surface area (Å²) in [6.45, 7) is 0. The van der Waals surface area contributed by atoms with E-state index in [4.69, 9.17) is 9.40 Å². The van der Waals surface area contributed by atoms with Crippen molar-refractivity contribution >= 4 is 5.65 Å². The second-order valence-corrected chi connectivity index (χ2v) is 7.05. The minimum absolute atomic E-state index is 0.00398. The van der Waals surface area contributed by atoms with Gasteiger partial charge in [-0.3, -0.25) is 4.40 Å². The number of halogens is 1. The Bertz CT molecular complexity index is 1310. The lowest BCUT2D eigenvalue weighted by atomic mass is 10.1. The zero-order chi connectivity index (χ0) is 20.5. The molecule has 0 saturated heterocycles. The predicted molar refractivity (Wildman–Crippen MR) is 111 cm³/mol. The Hall–Kier alpha value is -3.93. The molecule has 0 bridgehead atoms. The molecule has 6 heteroatoms. The maximum Gasteiger partial charge on any atom is 0.219 e. The molecule has 3 heterocycles. The number of aromatic nitrogens is 3. The molecule has 5 rings (SSSR count). The van der Waals surface area contributed by atoms with Crippen molar-refractivity contribution in [3.8, 4) is 17.1 Å². The molecule has 0 radical (unpaired) electrons. The fourth-order valence-electron chi connectivity index (χ4n) is 3.55. The smallest absolute Gasteiger partial charge is 0.219 e. The lowest BCUT2D eigenvalue weighted by Crippen LogP contribution is -2.01. The first-order chi connectivity index (χ1) is 14.7. The molecule has 3 aromatic heterocycles. The zero-order valence-corrected chi connectivity index (χ0v) is 16.0. The highest BCUT2D eigenvalue weighted by molar-refractivity contribution is 5.63. The van der Waals surface area contributed by atoms with Crippen LogP contribution in [0.5, 0.6) is 5.88 Å². The van der Waals surface area contributed by atoms with E-state index in [1.54, 1.807) is 41.1 Å². The number of nitrogens with zero attached hydrogens (tertiary/aromatic N) is 3. The SMILES string of the molecule is Oc1c(Cc2ccco2)nc2c(Cc3ccccc3)nc(-c3ccccc3F)cn12. The van der Waals surface area contributed by atoms with E-state index in [0.29, 0.717) is 46.9 Å². The van der Waals surface area contributed by atoms with Gasteiger partial charge in [0.05, 0.1) is 24.1 Å². The van der Waals surface area contributed by atoms with Crippen molar-refractivity contribution in [2.45, 2.75) is 12.8 Å². The molecular formula is C24H18FN3O2. The standard InChI is InChI=1S/C24H18FN3O2/c25-19-11-5-4-10-18(19)22-15-28-23(20(26-22)13-16-7-2-1-3-8-16)27-21(24(28)29)14-17-9-6-12-30-17/h1-12,15,29H,13-14H2. The summed E-state index contributed by atoms with van der Waals surface area (Å²) in [6.07, 6.45) is 4.06. The lowest BCUT2D eigenvalue weighted by molar-refractivity contribution is 0.438. The second-order valence-electron chi connectivity index (χ2n) is 7.05. The predicted octanol–water partition coefficient (Wildman–Crippen LogP) is 5.02. The molecule has 2 aromatic carbocycles. The molecule has 0 amide bonds. The van der Waals surface area contributed by atoms with Gasteiger partial charge in [0.1, 0.15) is 17.3 Å². The third-order valence-electron chi connectivity index (χ3n) is 5.01. The van der Waals surface area contributed by atoms with Crippen molar-refractivity contribution in [3.05, 3.63) is 108 Å². The zero-order valence-electron chi connectivity index (χ0n) is 16.0. The Morgan fingerprint density at radius 3 is 2.43 bits per heavy atom. The fourth-order valence-corrected chi connectivity index (χ4v) is 3.55. The third kappa shape index (κ3) is 3.33. The van der Waals surface area contributed by atoms with Gasteiger partial charge in [-0.1, -0.05) is 42.5 Å². The molecule has 5 aromatic rings. The first kappa shape index (κ1) is 18.1. The van der Waals surface area contributed by atoms with E-state index in [-0.39, 0.29) is 11.7 Å². The quantitative estimate of drug-likeness (QED) is 0.451. The van der Waals surface area contributed by atoms with E-state index >= 15 is 0 Å². The highest BCUT2D eigenvalue weighted by atomic mass is 19.1. The van der Waals surface area contributed by atoms with Crippen LogP contribution in [0.3, 0.4) is 0 Å². The summed E-state index contributed by atoms with van der Waals surface area (Å²) < 4.78 is 21.4. The molecule has 0 aliphatic heterocycles. The highest BCUT2D eigenvalue weighted by Crippen LogP contribution is 2.29. The molecule has 0 aliphatic rings. The number of fused-ring (bicyclic) bond motifs is 1. The number of hydrogen-bond donors (Lipinski definition) is 1. The summed E-state index contributed by atoms with van der Waals surface area (Å²) in [5.41, 5.74) is 3.53. The minimum Gasteiger partial charge on any atom is -0.493 e. The van der Waals surface area contributed by atoms with Crippen LogP contribution in [0.15, 0.2) is 83.6 Å². The van der Waals surface area contributed by atoms with Crippen LogP contribution in [0.2, 0.25) is 0 Å². The van der Waals surface area contributed by atoms with E-state index in [9.17, 15) is 9.50 Å². The summed E-state index contributed by atoms with van der Waals surface area (Å²) in [5, 5.41) is 10.9. The molecule has 0 aliphatic carbocycles. The number of imidazole rings is 1. The monoisotopic (exact) mass is 399 g/mol. The van der Waals surface area contributed by atoms with Crippen LogP contribution < -0.4 is 0 Å². The normalized spacial score (nSPS) is 11.2. The van der Waals surface area contributed by atoms with Gasteiger partial charge in [-0.2, -0.15) is 0 Å². The van der Waals surface area contributed by atoms with Crippen LogP contribution in [-0.4, -0.2) is 19.5 Å². The number of hydrogen-bond acceptors (Lipinski definition) is 4. The first-order valence-corrected chi connectivity index (χ1v) is 9.60. The van der Waals surface area contributed by atoms with Gasteiger partial charge >= 0.3 is 0 Å². The van der Waals surface area contributed by atoms with Gasteiger partial charge in [-0.15, -0.1) is 0 Å². The summed E-state index contributed by atoms with van der Waals surface area (Å²) >= 11 is 0. The molecular weight excluding hydrogens is 381 g/mol. The maximum atomic E-state index is 14.5. The lowest BCUT2D eigenvalue weighted by Gasteiger charge is -2.09. The fraction of sp³-hybridized carbons (Fsp3) is 0.0833. The largest absolute Gasteiger partial charge is 0.493 e. The molecule has 0 unspecified atom stereocenters. The van der Waals surface area contributed by atoms with Gasteiger partial charge in [-0.05, 0) is 29.8 Å². The average Bonchev–Trinajstić information content (AvgIpc) is 3.38. The van der Waals surface area contributed by atoms with Crippen LogP contribution in [0.1, 0.15) is 22.7 Å². The van der Waals surface area contributed by atoms with Gasteiger partial charge in [0.2, 0.25) is 5.88 Å². The Kier molecular flexibility index (Phi) is 4.52. The molecule has 30 heavy (non-hydrogen) atoms. The highest BCUT2D eigenvalue weighted by Gasteiger charge is 2.19. The molecule has 0 saturated carbocycles. The van der Waals surface area contributed by atoms with E-state index in [1.165, 1.54) is 6.07 Å². The van der Waals surface area contributed by atoms with Gasteiger partial charge < -0.3 is 9.52 Å². The number of furan rings is 1. The van der Waals surface area contributed by atoms with E-state index in [2.05, 4.69) is 4.98 Å². The van der Waals surface area contributed by atoms with Crippen LogP contribution in [0, 0.1) is 5.82 Å². The third-order valence-corrected chi connectivity index (χ3v) is 5.01. The Labute approximate surface area is 172 Å². The summed E-state index contributed by atoms with van der Waals surface area (Å²) in [4.78, 5) is 9.36. The Morgan fingerprint density at radius 1 is 0.867 bits per heavy atom. The molecule has 0 fully saturated rings. The number of rotatable bonds is 5. The molecule has 0 atom stereocenters. The van der Waals surface area contributed by atoms with Crippen molar-refractivity contribution < 1.29 is 13.9 Å². The Morgan fingerprint density at radius 2 is 1.67 bits per heavy atom. The number of benzene rings is 2. The van der Waals surface area contributed by atoms with Crippen LogP contribution in [0.25, 0.3) is 16.9 Å². The average molecular weight is 399 g/mol. The van der Waals surface area contributed by atoms with E-state index in [0.717, 1.165) is 5.56 Å². The Balaban J connectivity index is 1.69. The number of aromatic hydroxyl groups is 1. The first-order valence-electron chi connectivity index (χ1n) is 9.60. The van der Waals surface area contributed by atoms with Crippen LogP contribution >= 0.6 is 0 Å². The summed E-state index contributed by atoms with van der Waals surface area (Å²) in [6, 6.07) is 20.0. The van der Waals surface area contributed by atoms with Crippen molar-refractivity contribution in [3.63, 3.8) is 0 Å². The van der Waals surface area contributed by atoms with Crippen LogP contribution in [0.4, 0.5) is 4.39 Å².